The van der Waals surface area contributed by atoms with Crippen LogP contribution >= 0.6 is 0 Å². The molecule has 0 aliphatic carbocycles. The van der Waals surface area contributed by atoms with Crippen molar-refractivity contribution in [2.24, 2.45) is 0 Å². The normalized spacial score (nSPS) is 10.2. The van der Waals surface area contributed by atoms with Gasteiger partial charge in [0, 0.05) is 0 Å². The van der Waals surface area contributed by atoms with Gasteiger partial charge in [-0.15, -0.1) is 0 Å². The molecule has 0 aliphatic heterocycles. The molecule has 0 aliphatic rings. The van der Waals surface area contributed by atoms with Crippen molar-refractivity contribution in [2.75, 3.05) is 0 Å². The Labute approximate surface area is 92.3 Å². The van der Waals surface area contributed by atoms with Crippen LogP contribution in [0.25, 0.3) is 0 Å². The lowest BCUT2D eigenvalue weighted by Gasteiger charge is -2.02. The first-order chi connectivity index (χ1) is 7.38. The maximum absolute atomic E-state index is 8.95. The van der Waals surface area contributed by atoms with Crippen LogP contribution in [0.4, 0.5) is 0 Å². The molecule has 1 nitrogen and oxygen atoms in total. The van der Waals surface area contributed by atoms with Crippen molar-refractivity contribution in [1.29, 1.82) is 0 Å². The van der Waals surface area contributed by atoms with E-state index in [9.17, 15) is 0 Å². The molecule has 0 unspecified atom stereocenters. The predicted molar refractivity (Wildman–Crippen MR) is 63.3 cm³/mol. The molecule has 0 saturated carbocycles. The minimum Gasteiger partial charge on any atom is -0.428 e. The van der Waals surface area contributed by atoms with Gasteiger partial charge in [-0.05, 0) is 22.7 Å². The molecule has 0 fully saturated rings. The molecule has 2 rings (SSSR count). The first-order valence-corrected chi connectivity index (χ1v) is 5.86. The predicted octanol–water partition coefficient (Wildman–Crippen LogP) is 1.51. The van der Waals surface area contributed by atoms with Crippen LogP contribution in [0.1, 0.15) is 11.1 Å². The minimum atomic E-state index is -0.106. The molecule has 0 bridgehead atoms. The van der Waals surface area contributed by atoms with E-state index in [2.05, 4.69) is 36.4 Å². The average molecular weight is 212 g/mol. The Kier molecular flexibility index (Phi) is 3.32. The van der Waals surface area contributed by atoms with E-state index < -0.39 is 0 Å². The number of benzene rings is 2. The lowest BCUT2D eigenvalue weighted by molar-refractivity contribution is 0.615. The molecule has 74 valence electrons. The first-order valence-electron chi connectivity index (χ1n) is 4.91. The zero-order chi connectivity index (χ0) is 10.5. The Balaban J connectivity index is 2.11. The van der Waals surface area contributed by atoms with Gasteiger partial charge in [0.1, 0.15) is 0 Å². The third kappa shape index (κ3) is 2.78. The molecular weight excluding hydrogens is 200 g/mol. The Hall–Kier alpha value is -1.38. The van der Waals surface area contributed by atoms with Crippen LogP contribution in [-0.4, -0.2) is 14.6 Å². The van der Waals surface area contributed by atoms with Crippen molar-refractivity contribution in [1.82, 2.24) is 0 Å². The maximum Gasteiger partial charge on any atom is 0.265 e. The third-order valence-electron chi connectivity index (χ3n) is 2.33. The Bertz CT molecular complexity index is 408. The van der Waals surface area contributed by atoms with Gasteiger partial charge in [-0.1, -0.05) is 54.6 Å². The molecule has 0 spiro atoms. The highest BCUT2D eigenvalue weighted by Crippen LogP contribution is 2.07. The molecule has 0 heterocycles. The quantitative estimate of drug-likeness (QED) is 0.765. The van der Waals surface area contributed by atoms with Gasteiger partial charge >= 0.3 is 0 Å². The highest BCUT2D eigenvalue weighted by atomic mass is 28.2. The van der Waals surface area contributed by atoms with Crippen LogP contribution < -0.4 is 5.19 Å². The molecule has 0 saturated heterocycles. The average Bonchev–Trinajstić information content (AvgIpc) is 2.31. The Morgan fingerprint density at radius 3 is 2.00 bits per heavy atom. The van der Waals surface area contributed by atoms with Crippen LogP contribution in [0.3, 0.4) is 0 Å². The van der Waals surface area contributed by atoms with Gasteiger partial charge < -0.3 is 4.80 Å². The smallest absolute Gasteiger partial charge is 0.265 e. The molecule has 2 aromatic carbocycles. The summed E-state index contributed by atoms with van der Waals surface area (Å²) in [5, 5.41) is 0.992. The molecular formula is C13H12OSi. The van der Waals surface area contributed by atoms with Gasteiger partial charge in [0.15, 0.2) is 0 Å². The van der Waals surface area contributed by atoms with E-state index in [1.165, 1.54) is 11.1 Å². The molecule has 0 atom stereocenters. The van der Waals surface area contributed by atoms with E-state index in [1.807, 2.05) is 18.2 Å². The van der Waals surface area contributed by atoms with E-state index in [0.29, 0.717) is 0 Å². The Morgan fingerprint density at radius 1 is 0.800 bits per heavy atom. The summed E-state index contributed by atoms with van der Waals surface area (Å²) in [4.78, 5) is 8.95. The Morgan fingerprint density at radius 2 is 1.40 bits per heavy atom. The summed E-state index contributed by atoms with van der Waals surface area (Å²) in [6.45, 7) is 0. The third-order valence-corrected chi connectivity index (χ3v) is 2.93. The van der Waals surface area contributed by atoms with Gasteiger partial charge in [0.25, 0.3) is 9.76 Å². The zero-order valence-electron chi connectivity index (χ0n) is 8.35. The summed E-state index contributed by atoms with van der Waals surface area (Å²) in [5.74, 6) is 0. The van der Waals surface area contributed by atoms with Crippen LogP contribution in [0, 0.1) is 0 Å². The molecule has 1 N–H and O–H groups in total. The van der Waals surface area contributed by atoms with Crippen molar-refractivity contribution in [2.45, 2.75) is 6.42 Å². The second-order valence-corrected chi connectivity index (χ2v) is 4.27. The van der Waals surface area contributed by atoms with Crippen LogP contribution in [-0.2, 0) is 6.42 Å². The fourth-order valence-electron chi connectivity index (χ4n) is 1.53. The summed E-state index contributed by atoms with van der Waals surface area (Å²) in [6.07, 6.45) is 0.954. The van der Waals surface area contributed by atoms with Crippen molar-refractivity contribution < 1.29 is 4.80 Å². The maximum atomic E-state index is 8.95. The van der Waals surface area contributed by atoms with Crippen molar-refractivity contribution in [3.05, 3.63) is 65.7 Å². The minimum absolute atomic E-state index is 0.106. The van der Waals surface area contributed by atoms with Gasteiger partial charge in [0.2, 0.25) is 0 Å². The molecule has 0 amide bonds. The molecule has 2 heteroatoms. The van der Waals surface area contributed by atoms with Crippen molar-refractivity contribution >= 4 is 14.9 Å². The highest BCUT2D eigenvalue weighted by molar-refractivity contribution is 6.45. The van der Waals surface area contributed by atoms with Crippen LogP contribution in [0.15, 0.2) is 54.6 Å². The van der Waals surface area contributed by atoms with E-state index in [-0.39, 0.29) is 9.76 Å². The number of hydrogen-bond acceptors (Lipinski definition) is 1. The SMILES string of the molecule is O[Si]c1ccc(Cc2ccccc2)cc1. The summed E-state index contributed by atoms with van der Waals surface area (Å²) >= 11 is 0. The lowest BCUT2D eigenvalue weighted by atomic mass is 10.1. The zero-order valence-corrected chi connectivity index (χ0v) is 9.35. The second kappa shape index (κ2) is 4.91. The van der Waals surface area contributed by atoms with Crippen molar-refractivity contribution in [3.8, 4) is 0 Å². The van der Waals surface area contributed by atoms with Gasteiger partial charge in [-0.2, -0.15) is 0 Å². The molecule has 15 heavy (non-hydrogen) atoms. The van der Waals surface area contributed by atoms with E-state index in [1.54, 1.807) is 0 Å². The number of rotatable bonds is 3. The summed E-state index contributed by atoms with van der Waals surface area (Å²) in [7, 11) is -0.106. The largest absolute Gasteiger partial charge is 0.428 e. The topological polar surface area (TPSA) is 20.2 Å². The van der Waals surface area contributed by atoms with E-state index >= 15 is 0 Å². The fourth-order valence-corrected chi connectivity index (χ4v) is 1.84. The second-order valence-electron chi connectivity index (χ2n) is 3.47. The highest BCUT2D eigenvalue weighted by Gasteiger charge is 1.96. The summed E-state index contributed by atoms with van der Waals surface area (Å²) < 4.78 is 0. The number of hydrogen-bond donors (Lipinski definition) is 1. The van der Waals surface area contributed by atoms with Crippen LogP contribution in [0.2, 0.25) is 0 Å². The van der Waals surface area contributed by atoms with Crippen molar-refractivity contribution in [3.63, 3.8) is 0 Å². The van der Waals surface area contributed by atoms with Gasteiger partial charge in [-0.3, -0.25) is 0 Å². The summed E-state index contributed by atoms with van der Waals surface area (Å²) in [6, 6.07) is 18.5. The van der Waals surface area contributed by atoms with Gasteiger partial charge in [-0.25, -0.2) is 0 Å². The summed E-state index contributed by atoms with van der Waals surface area (Å²) in [5.41, 5.74) is 2.60. The monoisotopic (exact) mass is 212 g/mol. The van der Waals surface area contributed by atoms with E-state index in [0.717, 1.165) is 11.6 Å². The molecule has 2 aromatic rings. The molecule has 0 aromatic heterocycles. The first kappa shape index (κ1) is 10.1. The van der Waals surface area contributed by atoms with Gasteiger partial charge in [0.05, 0.1) is 0 Å². The van der Waals surface area contributed by atoms with Crippen LogP contribution in [0.5, 0.6) is 0 Å². The fraction of sp³-hybridized carbons (Fsp3) is 0.0769. The van der Waals surface area contributed by atoms with E-state index in [4.69, 9.17) is 4.80 Å². The standard InChI is InChI=1S/C13H12OSi/c14-15-13-8-6-12(7-9-13)10-11-4-2-1-3-5-11/h1-9,14H,10H2. The lowest BCUT2D eigenvalue weighted by Crippen LogP contribution is -2.12. The molecule has 2 radical (unpaired) electrons.